The molecule has 0 saturated heterocycles. The van der Waals surface area contributed by atoms with Gasteiger partial charge in [-0.1, -0.05) is 11.6 Å². The van der Waals surface area contributed by atoms with Crippen LogP contribution in [0, 0.1) is 17.6 Å². The number of benzene rings is 2. The Morgan fingerprint density at radius 1 is 1.19 bits per heavy atom. The van der Waals surface area contributed by atoms with Crippen LogP contribution in [0.3, 0.4) is 0 Å². The van der Waals surface area contributed by atoms with Crippen molar-refractivity contribution in [3.8, 4) is 5.75 Å². The molecule has 36 heavy (non-hydrogen) atoms. The van der Waals surface area contributed by atoms with Gasteiger partial charge in [0, 0.05) is 17.5 Å². The zero-order valence-corrected chi connectivity index (χ0v) is 21.5. The van der Waals surface area contributed by atoms with Crippen LogP contribution in [0.2, 0.25) is 5.02 Å². The Labute approximate surface area is 213 Å². The third-order valence-electron chi connectivity index (χ3n) is 5.41. The zero-order chi connectivity index (χ0) is 26.7. The highest BCUT2D eigenvalue weighted by molar-refractivity contribution is 7.91. The lowest BCUT2D eigenvalue weighted by atomic mass is 9.90. The summed E-state index contributed by atoms with van der Waals surface area (Å²) < 4.78 is 73.7. The molecule has 0 fully saturated rings. The molecular weight excluding hydrogens is 520 g/mol. The standard InChI is InChI=1S/C24H28ClF2NO7S/c1-24(2,3)35-23(30)28-12-19(33-11-10-29)16-13-34-21-18(27)9-8-17(26)20(21)22(16)36(31,32)15-6-4-14(25)5-7-15/h4-9,16,19,22,29H,10-13H2,1-3H3,(H,28,30)/t16-,19-,22-/m0/s1. The Balaban J connectivity index is 2.07. The number of amides is 1. The molecule has 198 valence electrons. The fraction of sp³-hybridized carbons (Fsp3) is 0.458. The molecular formula is C24H28ClF2NO7S. The topological polar surface area (TPSA) is 111 Å². The van der Waals surface area contributed by atoms with Gasteiger partial charge in [-0.05, 0) is 57.2 Å². The number of fused-ring (bicyclic) bond motifs is 1. The van der Waals surface area contributed by atoms with Crippen LogP contribution in [0.4, 0.5) is 13.6 Å². The Morgan fingerprint density at radius 2 is 1.83 bits per heavy atom. The van der Waals surface area contributed by atoms with Crippen LogP contribution in [0.25, 0.3) is 0 Å². The average Bonchev–Trinajstić information content (AvgIpc) is 2.80. The van der Waals surface area contributed by atoms with E-state index in [4.69, 9.17) is 25.8 Å². The van der Waals surface area contributed by atoms with Gasteiger partial charge in [0.25, 0.3) is 0 Å². The van der Waals surface area contributed by atoms with E-state index in [0.717, 1.165) is 12.1 Å². The zero-order valence-electron chi connectivity index (χ0n) is 20.0. The minimum absolute atomic E-state index is 0.167. The van der Waals surface area contributed by atoms with Gasteiger partial charge in [0.1, 0.15) is 16.7 Å². The third kappa shape index (κ3) is 6.44. The number of aliphatic hydroxyl groups is 1. The first-order chi connectivity index (χ1) is 16.8. The summed E-state index contributed by atoms with van der Waals surface area (Å²) in [7, 11) is -4.35. The monoisotopic (exact) mass is 547 g/mol. The molecule has 3 rings (SSSR count). The first-order valence-electron chi connectivity index (χ1n) is 11.1. The van der Waals surface area contributed by atoms with E-state index < -0.39 is 68.4 Å². The van der Waals surface area contributed by atoms with Crippen molar-refractivity contribution in [2.24, 2.45) is 5.92 Å². The van der Waals surface area contributed by atoms with Gasteiger partial charge < -0.3 is 24.6 Å². The Bertz CT molecular complexity index is 1190. The molecule has 1 amide bonds. The van der Waals surface area contributed by atoms with Crippen molar-refractivity contribution in [1.82, 2.24) is 5.32 Å². The molecule has 2 aromatic carbocycles. The smallest absolute Gasteiger partial charge is 0.407 e. The number of sulfone groups is 1. The average molecular weight is 548 g/mol. The summed E-state index contributed by atoms with van der Waals surface area (Å²) in [5, 5.41) is 10.5. The number of nitrogens with one attached hydrogen (secondary N) is 1. The van der Waals surface area contributed by atoms with Gasteiger partial charge in [0.05, 0.1) is 36.4 Å². The number of halogens is 3. The van der Waals surface area contributed by atoms with Crippen molar-refractivity contribution in [3.05, 3.63) is 58.6 Å². The molecule has 3 atom stereocenters. The van der Waals surface area contributed by atoms with Crippen LogP contribution < -0.4 is 10.1 Å². The molecule has 1 heterocycles. The Morgan fingerprint density at radius 3 is 2.44 bits per heavy atom. The number of ether oxygens (including phenoxy) is 3. The maximum atomic E-state index is 15.1. The lowest BCUT2D eigenvalue weighted by molar-refractivity contribution is -0.0249. The molecule has 0 bridgehead atoms. The number of hydrogen-bond donors (Lipinski definition) is 2. The van der Waals surface area contributed by atoms with Crippen molar-refractivity contribution in [3.63, 3.8) is 0 Å². The SMILES string of the molecule is CC(C)(C)OC(=O)NC[C@H](OCCO)[C@@H]1COc2c(F)ccc(F)c2[C@H]1S(=O)(=O)c1ccc(Cl)cc1. The lowest BCUT2D eigenvalue weighted by Crippen LogP contribution is -2.47. The number of aliphatic hydroxyl groups excluding tert-OH is 1. The van der Waals surface area contributed by atoms with Crippen molar-refractivity contribution in [2.45, 2.75) is 42.6 Å². The van der Waals surface area contributed by atoms with E-state index in [1.807, 2.05) is 0 Å². The van der Waals surface area contributed by atoms with Crippen LogP contribution in [0.15, 0.2) is 41.3 Å². The molecule has 0 unspecified atom stereocenters. The maximum absolute atomic E-state index is 15.1. The van der Waals surface area contributed by atoms with Crippen molar-refractivity contribution >= 4 is 27.5 Å². The van der Waals surface area contributed by atoms with Crippen LogP contribution in [-0.2, 0) is 19.3 Å². The van der Waals surface area contributed by atoms with E-state index in [9.17, 15) is 22.7 Å². The van der Waals surface area contributed by atoms with E-state index in [1.165, 1.54) is 24.3 Å². The number of rotatable bonds is 8. The Hall–Kier alpha value is -2.47. The predicted octanol–water partition coefficient (Wildman–Crippen LogP) is 4.04. The number of alkyl carbamates (subject to hydrolysis) is 1. The number of carbonyl (C=O) groups excluding carboxylic acids is 1. The van der Waals surface area contributed by atoms with Crippen molar-refractivity contribution in [1.29, 1.82) is 0 Å². The van der Waals surface area contributed by atoms with Crippen molar-refractivity contribution < 1.29 is 41.3 Å². The highest BCUT2D eigenvalue weighted by atomic mass is 35.5. The quantitative estimate of drug-likeness (QED) is 0.513. The molecule has 1 aliphatic rings. The highest BCUT2D eigenvalue weighted by Crippen LogP contribution is 2.47. The minimum Gasteiger partial charge on any atom is -0.490 e. The van der Waals surface area contributed by atoms with Gasteiger partial charge in [-0.25, -0.2) is 22.0 Å². The molecule has 0 spiro atoms. The molecule has 1 aliphatic heterocycles. The fourth-order valence-corrected chi connectivity index (χ4v) is 6.11. The summed E-state index contributed by atoms with van der Waals surface area (Å²) in [5.41, 5.74) is -1.27. The van der Waals surface area contributed by atoms with Gasteiger partial charge in [-0.3, -0.25) is 0 Å². The molecule has 2 N–H and O–H groups in total. The first kappa shape index (κ1) is 28.1. The molecule has 0 aliphatic carbocycles. The van der Waals surface area contributed by atoms with Crippen molar-refractivity contribution in [2.75, 3.05) is 26.4 Å². The van der Waals surface area contributed by atoms with Gasteiger partial charge in [-0.15, -0.1) is 0 Å². The van der Waals surface area contributed by atoms with E-state index in [-0.39, 0.29) is 24.7 Å². The van der Waals surface area contributed by atoms with Gasteiger partial charge in [0.2, 0.25) is 0 Å². The molecule has 2 aromatic rings. The van der Waals surface area contributed by atoms with Gasteiger partial charge >= 0.3 is 6.09 Å². The first-order valence-corrected chi connectivity index (χ1v) is 13.1. The summed E-state index contributed by atoms with van der Waals surface area (Å²) >= 11 is 5.91. The number of hydrogen-bond acceptors (Lipinski definition) is 7. The summed E-state index contributed by atoms with van der Waals surface area (Å²) in [6, 6.07) is 6.95. The van der Waals surface area contributed by atoms with E-state index in [2.05, 4.69) is 5.32 Å². The van der Waals surface area contributed by atoms with E-state index in [0.29, 0.717) is 5.02 Å². The second-order valence-corrected chi connectivity index (χ2v) is 11.7. The lowest BCUT2D eigenvalue weighted by Gasteiger charge is -2.38. The molecule has 0 aromatic heterocycles. The second kappa shape index (κ2) is 11.3. The van der Waals surface area contributed by atoms with E-state index >= 15 is 4.39 Å². The molecule has 0 saturated carbocycles. The summed E-state index contributed by atoms with van der Waals surface area (Å²) in [4.78, 5) is 12.1. The summed E-state index contributed by atoms with van der Waals surface area (Å²) in [5.74, 6) is -3.49. The minimum atomic E-state index is -4.35. The summed E-state index contributed by atoms with van der Waals surface area (Å²) in [6.45, 7) is 3.80. The van der Waals surface area contributed by atoms with Crippen LogP contribution >= 0.6 is 11.6 Å². The third-order valence-corrected chi connectivity index (χ3v) is 7.85. The number of carbonyl (C=O) groups is 1. The second-order valence-electron chi connectivity index (χ2n) is 9.18. The van der Waals surface area contributed by atoms with Crippen LogP contribution in [-0.4, -0.2) is 57.7 Å². The Kier molecular flexibility index (Phi) is 8.81. The fourth-order valence-electron chi connectivity index (χ4n) is 3.94. The van der Waals surface area contributed by atoms with Gasteiger partial charge in [-0.2, -0.15) is 0 Å². The molecule has 8 nitrogen and oxygen atoms in total. The normalized spacial score (nSPS) is 18.6. The van der Waals surface area contributed by atoms with E-state index in [1.54, 1.807) is 20.8 Å². The summed E-state index contributed by atoms with van der Waals surface area (Å²) in [6.07, 6.45) is -1.86. The van der Waals surface area contributed by atoms with Crippen LogP contribution in [0.1, 0.15) is 31.6 Å². The molecule has 12 heteroatoms. The predicted molar refractivity (Wildman–Crippen MR) is 128 cm³/mol. The highest BCUT2D eigenvalue weighted by Gasteiger charge is 2.47. The molecule has 0 radical (unpaired) electrons. The maximum Gasteiger partial charge on any atom is 0.407 e. The largest absolute Gasteiger partial charge is 0.490 e. The van der Waals surface area contributed by atoms with Crippen LogP contribution in [0.5, 0.6) is 5.75 Å². The van der Waals surface area contributed by atoms with Gasteiger partial charge in [0.15, 0.2) is 21.4 Å².